The summed E-state index contributed by atoms with van der Waals surface area (Å²) in [7, 11) is 1.67. The number of thiazole rings is 1. The number of fused-ring (bicyclic) bond motifs is 1. The minimum Gasteiger partial charge on any atom is -0.384 e. The Balaban J connectivity index is 2.07. The van der Waals surface area contributed by atoms with Gasteiger partial charge in [-0.1, -0.05) is 13.8 Å². The van der Waals surface area contributed by atoms with Crippen molar-refractivity contribution >= 4 is 27.5 Å². The highest BCUT2D eigenvalue weighted by Crippen LogP contribution is 2.22. The normalized spacial score (nSPS) is 11.8. The molecule has 0 saturated heterocycles. The Kier molecular flexibility index (Phi) is 4.40. The molecule has 0 atom stereocenters. The van der Waals surface area contributed by atoms with E-state index in [2.05, 4.69) is 24.1 Å². The third-order valence-corrected chi connectivity index (χ3v) is 3.97. The Morgan fingerprint density at radius 1 is 1.45 bits per heavy atom. The molecule has 1 heterocycles. The molecule has 1 N–H and O–H groups in total. The lowest BCUT2D eigenvalue weighted by Gasteiger charge is -2.23. The summed E-state index contributed by atoms with van der Waals surface area (Å²) in [4.78, 5) is 16.6. The minimum atomic E-state index is -0.0776. The number of hydrogen-bond donors (Lipinski definition) is 1. The Morgan fingerprint density at radius 2 is 2.20 bits per heavy atom. The molecule has 108 valence electrons. The third kappa shape index (κ3) is 3.55. The van der Waals surface area contributed by atoms with Crippen LogP contribution in [0.25, 0.3) is 10.2 Å². The lowest BCUT2D eigenvalue weighted by molar-refractivity contribution is 0.0847. The average molecular weight is 292 g/mol. The molecule has 0 radical (unpaired) electrons. The first kappa shape index (κ1) is 14.9. The molecule has 5 heteroatoms. The second-order valence-electron chi connectivity index (χ2n) is 5.70. The van der Waals surface area contributed by atoms with E-state index in [0.29, 0.717) is 18.7 Å². The number of benzene rings is 1. The molecule has 0 aliphatic carbocycles. The smallest absolute Gasteiger partial charge is 0.251 e. The second kappa shape index (κ2) is 5.89. The molecule has 1 aromatic heterocycles. The number of nitrogens with one attached hydrogen (secondary N) is 1. The van der Waals surface area contributed by atoms with E-state index in [-0.39, 0.29) is 11.3 Å². The van der Waals surface area contributed by atoms with Crippen molar-refractivity contribution in [1.82, 2.24) is 10.3 Å². The predicted octanol–water partition coefficient (Wildman–Crippen LogP) is 3.01. The number of rotatable bonds is 5. The fourth-order valence-electron chi connectivity index (χ4n) is 2.05. The highest BCUT2D eigenvalue weighted by Gasteiger charge is 2.19. The zero-order valence-electron chi connectivity index (χ0n) is 12.3. The van der Waals surface area contributed by atoms with E-state index < -0.39 is 0 Å². The van der Waals surface area contributed by atoms with Crippen molar-refractivity contribution in [3.63, 3.8) is 0 Å². The van der Waals surface area contributed by atoms with Crippen LogP contribution >= 0.6 is 11.3 Å². The number of amides is 1. The van der Waals surface area contributed by atoms with Crippen LogP contribution in [0, 0.1) is 12.3 Å². The molecule has 0 fully saturated rings. The number of carbonyl (C=O) groups excluding carboxylic acids is 1. The van der Waals surface area contributed by atoms with Gasteiger partial charge in [-0.15, -0.1) is 11.3 Å². The van der Waals surface area contributed by atoms with Crippen LogP contribution in [-0.4, -0.2) is 31.2 Å². The maximum atomic E-state index is 12.2. The predicted molar refractivity (Wildman–Crippen MR) is 82.3 cm³/mol. The van der Waals surface area contributed by atoms with Crippen LogP contribution in [-0.2, 0) is 4.74 Å². The molecular formula is C15H20N2O2S. The third-order valence-electron chi connectivity index (χ3n) is 3.02. The fraction of sp³-hybridized carbons (Fsp3) is 0.467. The standard InChI is InChI=1S/C15H20N2O2S/c1-10-17-12-7-11(5-6-13(12)20-10)14(18)16-8-15(2,3)9-19-4/h5-7H,8-9H2,1-4H3,(H,16,18). The second-order valence-corrected chi connectivity index (χ2v) is 6.93. The van der Waals surface area contributed by atoms with Gasteiger partial charge in [0.2, 0.25) is 0 Å². The summed E-state index contributed by atoms with van der Waals surface area (Å²) < 4.78 is 6.26. The molecule has 0 spiro atoms. The number of ether oxygens (including phenoxy) is 1. The summed E-state index contributed by atoms with van der Waals surface area (Å²) in [5.41, 5.74) is 1.46. The molecule has 0 aliphatic heterocycles. The van der Waals surface area contributed by atoms with E-state index in [9.17, 15) is 4.79 Å². The summed E-state index contributed by atoms with van der Waals surface area (Å²) in [6, 6.07) is 5.64. The van der Waals surface area contributed by atoms with Gasteiger partial charge < -0.3 is 10.1 Å². The summed E-state index contributed by atoms with van der Waals surface area (Å²) in [5, 5.41) is 3.96. The van der Waals surface area contributed by atoms with Crippen LogP contribution in [0.5, 0.6) is 0 Å². The minimum absolute atomic E-state index is 0.0678. The van der Waals surface area contributed by atoms with Gasteiger partial charge in [-0.05, 0) is 25.1 Å². The van der Waals surface area contributed by atoms with E-state index in [0.717, 1.165) is 15.2 Å². The molecule has 0 bridgehead atoms. The van der Waals surface area contributed by atoms with Gasteiger partial charge in [0.25, 0.3) is 5.91 Å². The lowest BCUT2D eigenvalue weighted by atomic mass is 9.95. The molecule has 20 heavy (non-hydrogen) atoms. The van der Waals surface area contributed by atoms with Gasteiger partial charge in [0.1, 0.15) is 0 Å². The van der Waals surface area contributed by atoms with Crippen molar-refractivity contribution in [2.75, 3.05) is 20.3 Å². The topological polar surface area (TPSA) is 51.2 Å². The Labute approximate surface area is 123 Å². The molecule has 1 aromatic carbocycles. The zero-order valence-corrected chi connectivity index (χ0v) is 13.1. The van der Waals surface area contributed by atoms with Crippen LogP contribution in [0.1, 0.15) is 29.2 Å². The number of aryl methyl sites for hydroxylation is 1. The first-order chi connectivity index (χ1) is 9.41. The Morgan fingerprint density at radius 3 is 2.90 bits per heavy atom. The van der Waals surface area contributed by atoms with Crippen molar-refractivity contribution < 1.29 is 9.53 Å². The van der Waals surface area contributed by atoms with Crippen molar-refractivity contribution in [2.45, 2.75) is 20.8 Å². The Bertz CT molecular complexity index is 619. The summed E-state index contributed by atoms with van der Waals surface area (Å²) in [6.45, 7) is 7.27. The molecule has 4 nitrogen and oxygen atoms in total. The maximum Gasteiger partial charge on any atom is 0.251 e. The summed E-state index contributed by atoms with van der Waals surface area (Å²) in [5.74, 6) is -0.0678. The van der Waals surface area contributed by atoms with Gasteiger partial charge in [0, 0.05) is 24.6 Å². The van der Waals surface area contributed by atoms with Gasteiger partial charge in [0.05, 0.1) is 21.8 Å². The number of nitrogens with zero attached hydrogens (tertiary/aromatic N) is 1. The van der Waals surface area contributed by atoms with E-state index in [4.69, 9.17) is 4.74 Å². The van der Waals surface area contributed by atoms with Crippen LogP contribution in [0.15, 0.2) is 18.2 Å². The maximum absolute atomic E-state index is 12.2. The SMILES string of the molecule is COCC(C)(C)CNC(=O)c1ccc2sc(C)nc2c1. The lowest BCUT2D eigenvalue weighted by Crippen LogP contribution is -2.36. The summed E-state index contributed by atoms with van der Waals surface area (Å²) >= 11 is 1.64. The van der Waals surface area contributed by atoms with Crippen molar-refractivity contribution in [2.24, 2.45) is 5.41 Å². The average Bonchev–Trinajstić information content (AvgIpc) is 2.75. The number of aromatic nitrogens is 1. The van der Waals surface area contributed by atoms with Crippen molar-refractivity contribution in [3.05, 3.63) is 28.8 Å². The molecule has 2 rings (SSSR count). The van der Waals surface area contributed by atoms with E-state index >= 15 is 0 Å². The molecule has 0 unspecified atom stereocenters. The van der Waals surface area contributed by atoms with E-state index in [1.165, 1.54) is 0 Å². The molecular weight excluding hydrogens is 272 g/mol. The van der Waals surface area contributed by atoms with Crippen molar-refractivity contribution in [3.8, 4) is 0 Å². The largest absolute Gasteiger partial charge is 0.384 e. The zero-order chi connectivity index (χ0) is 14.8. The first-order valence-corrected chi connectivity index (χ1v) is 7.37. The molecule has 0 saturated carbocycles. The van der Waals surface area contributed by atoms with Gasteiger partial charge in [-0.25, -0.2) is 4.98 Å². The van der Waals surface area contributed by atoms with Gasteiger partial charge in [0.15, 0.2) is 0 Å². The number of hydrogen-bond acceptors (Lipinski definition) is 4. The number of carbonyl (C=O) groups is 1. The summed E-state index contributed by atoms with van der Waals surface area (Å²) in [6.07, 6.45) is 0. The first-order valence-electron chi connectivity index (χ1n) is 6.56. The van der Waals surface area contributed by atoms with E-state index in [1.54, 1.807) is 18.4 Å². The Hall–Kier alpha value is -1.46. The quantitative estimate of drug-likeness (QED) is 0.921. The number of methoxy groups -OCH3 is 1. The van der Waals surface area contributed by atoms with Gasteiger partial charge in [-0.3, -0.25) is 4.79 Å². The fourth-order valence-corrected chi connectivity index (χ4v) is 2.85. The van der Waals surface area contributed by atoms with Crippen LogP contribution in [0.2, 0.25) is 0 Å². The van der Waals surface area contributed by atoms with Gasteiger partial charge in [-0.2, -0.15) is 0 Å². The van der Waals surface area contributed by atoms with E-state index in [1.807, 2.05) is 25.1 Å². The van der Waals surface area contributed by atoms with Gasteiger partial charge >= 0.3 is 0 Å². The van der Waals surface area contributed by atoms with Crippen molar-refractivity contribution in [1.29, 1.82) is 0 Å². The molecule has 0 aliphatic rings. The van der Waals surface area contributed by atoms with Crippen LogP contribution < -0.4 is 5.32 Å². The van der Waals surface area contributed by atoms with Crippen LogP contribution in [0.4, 0.5) is 0 Å². The molecule has 2 aromatic rings. The highest BCUT2D eigenvalue weighted by atomic mass is 32.1. The van der Waals surface area contributed by atoms with Crippen LogP contribution in [0.3, 0.4) is 0 Å². The highest BCUT2D eigenvalue weighted by molar-refractivity contribution is 7.18. The monoisotopic (exact) mass is 292 g/mol. The molecule has 1 amide bonds.